The van der Waals surface area contributed by atoms with E-state index in [-0.39, 0.29) is 17.9 Å². The minimum absolute atomic E-state index is 0.0667. The van der Waals surface area contributed by atoms with Crippen LogP contribution in [0.1, 0.15) is 67.9 Å². The van der Waals surface area contributed by atoms with Crippen molar-refractivity contribution in [2.45, 2.75) is 71.4 Å². The number of aryl methyl sites for hydroxylation is 2. The van der Waals surface area contributed by atoms with E-state index in [4.69, 9.17) is 4.74 Å². The van der Waals surface area contributed by atoms with Gasteiger partial charge in [0, 0.05) is 6.04 Å². The van der Waals surface area contributed by atoms with Crippen LogP contribution in [0.25, 0.3) is 0 Å². The Balaban J connectivity index is 1.71. The van der Waals surface area contributed by atoms with Crippen molar-refractivity contribution in [3.63, 3.8) is 0 Å². The average Bonchev–Trinajstić information content (AvgIpc) is 2.77. The number of carbonyl (C=O) groups excluding carboxylic acids is 2. The molecule has 2 N–H and O–H groups in total. The molecule has 30 heavy (non-hydrogen) atoms. The summed E-state index contributed by atoms with van der Waals surface area (Å²) in [6.07, 6.45) is 5.35. The van der Waals surface area contributed by atoms with Crippen LogP contribution in [0.4, 0.5) is 5.69 Å². The summed E-state index contributed by atoms with van der Waals surface area (Å²) in [5, 5.41) is 5.84. The predicted molar refractivity (Wildman–Crippen MR) is 120 cm³/mol. The topological polar surface area (TPSA) is 67.4 Å². The average molecular weight is 409 g/mol. The van der Waals surface area contributed by atoms with E-state index >= 15 is 0 Å². The Morgan fingerprint density at radius 3 is 2.47 bits per heavy atom. The molecule has 5 nitrogen and oxygen atoms in total. The van der Waals surface area contributed by atoms with Gasteiger partial charge in [-0.1, -0.05) is 32.0 Å². The second kappa shape index (κ2) is 10.3. The Kier molecular flexibility index (Phi) is 7.50. The molecule has 160 valence electrons. The summed E-state index contributed by atoms with van der Waals surface area (Å²) in [5.41, 5.74) is 3.65. The van der Waals surface area contributed by atoms with E-state index in [9.17, 15) is 9.59 Å². The van der Waals surface area contributed by atoms with Gasteiger partial charge in [0.05, 0.1) is 11.3 Å². The van der Waals surface area contributed by atoms with Crippen molar-refractivity contribution in [3.05, 3.63) is 59.2 Å². The Morgan fingerprint density at radius 1 is 1.00 bits per heavy atom. The fourth-order valence-corrected chi connectivity index (χ4v) is 3.68. The fraction of sp³-hybridized carbons (Fsp3) is 0.440. The third kappa shape index (κ3) is 5.41. The van der Waals surface area contributed by atoms with E-state index in [2.05, 4.69) is 22.8 Å². The Labute approximate surface area is 179 Å². The number of nitrogens with one attached hydrogen (secondary N) is 2. The van der Waals surface area contributed by atoms with Gasteiger partial charge in [-0.25, -0.2) is 0 Å². The highest BCUT2D eigenvalue weighted by atomic mass is 16.5. The maximum Gasteiger partial charge on any atom is 0.265 e. The molecule has 0 aromatic heterocycles. The van der Waals surface area contributed by atoms with Crippen LogP contribution in [-0.4, -0.2) is 24.0 Å². The van der Waals surface area contributed by atoms with Gasteiger partial charge in [0.25, 0.3) is 11.8 Å². The number of rotatable bonds is 8. The number of fused-ring (bicyclic) bond motifs is 1. The zero-order valence-corrected chi connectivity index (χ0v) is 18.2. The maximum absolute atomic E-state index is 12.9. The van der Waals surface area contributed by atoms with Crippen LogP contribution in [0.3, 0.4) is 0 Å². The zero-order chi connectivity index (χ0) is 21.5. The minimum atomic E-state index is -0.627. The molecule has 0 radical (unpaired) electrons. The molecule has 0 spiro atoms. The van der Waals surface area contributed by atoms with Crippen molar-refractivity contribution in [2.24, 2.45) is 0 Å². The van der Waals surface area contributed by atoms with E-state index in [0.29, 0.717) is 17.7 Å². The molecule has 0 heterocycles. The molecule has 0 bridgehead atoms. The van der Waals surface area contributed by atoms with Crippen LogP contribution in [-0.2, 0) is 17.6 Å². The number of hydrogen-bond acceptors (Lipinski definition) is 3. The van der Waals surface area contributed by atoms with Gasteiger partial charge in [-0.15, -0.1) is 0 Å². The smallest absolute Gasteiger partial charge is 0.265 e. The molecule has 3 rings (SSSR count). The standard InChI is InChI=1S/C25H32N2O3/c1-4-17(3)26-24(28)21-12-8-9-13-22(21)27-25(29)23(5-2)30-20-15-14-18-10-6-7-11-19(18)16-20/h8-9,12-17,23H,4-7,10-11H2,1-3H3,(H,26,28)(H,27,29)/t17-,23+/m0/s1. The molecule has 0 unspecified atom stereocenters. The summed E-state index contributed by atoms with van der Waals surface area (Å²) in [6, 6.07) is 13.3. The van der Waals surface area contributed by atoms with Crippen molar-refractivity contribution >= 4 is 17.5 Å². The van der Waals surface area contributed by atoms with Gasteiger partial charge < -0.3 is 15.4 Å². The quantitative estimate of drug-likeness (QED) is 0.653. The van der Waals surface area contributed by atoms with E-state index < -0.39 is 6.10 Å². The summed E-state index contributed by atoms with van der Waals surface area (Å²) >= 11 is 0. The molecule has 0 aliphatic heterocycles. The van der Waals surface area contributed by atoms with Gasteiger partial charge in [0.2, 0.25) is 0 Å². The van der Waals surface area contributed by atoms with Gasteiger partial charge >= 0.3 is 0 Å². The lowest BCUT2D eigenvalue weighted by Gasteiger charge is -2.21. The Morgan fingerprint density at radius 2 is 1.73 bits per heavy atom. The third-order valence-corrected chi connectivity index (χ3v) is 5.68. The normalized spacial score (nSPS) is 14.9. The number of anilines is 1. The summed E-state index contributed by atoms with van der Waals surface area (Å²) in [5.74, 6) is 0.281. The van der Waals surface area contributed by atoms with Gasteiger partial charge in [-0.2, -0.15) is 0 Å². The van der Waals surface area contributed by atoms with Crippen LogP contribution in [0, 0.1) is 0 Å². The molecule has 2 atom stereocenters. The number of benzene rings is 2. The third-order valence-electron chi connectivity index (χ3n) is 5.68. The fourth-order valence-electron chi connectivity index (χ4n) is 3.68. The molecule has 2 amide bonds. The lowest BCUT2D eigenvalue weighted by atomic mass is 9.92. The SMILES string of the molecule is CC[C@H](C)NC(=O)c1ccccc1NC(=O)[C@@H](CC)Oc1ccc2c(c1)CCCC2. The molecule has 2 aromatic rings. The lowest BCUT2D eigenvalue weighted by molar-refractivity contribution is -0.122. The Hall–Kier alpha value is -2.82. The van der Waals surface area contributed by atoms with Gasteiger partial charge in [-0.3, -0.25) is 9.59 Å². The number of amides is 2. The summed E-state index contributed by atoms with van der Waals surface area (Å²) in [4.78, 5) is 25.5. The van der Waals surface area contributed by atoms with E-state index in [0.717, 1.165) is 25.0 Å². The number of para-hydroxylation sites is 1. The van der Waals surface area contributed by atoms with Crippen LogP contribution < -0.4 is 15.4 Å². The highest BCUT2D eigenvalue weighted by molar-refractivity contribution is 6.04. The molecular formula is C25H32N2O3. The first-order valence-electron chi connectivity index (χ1n) is 11.0. The van der Waals surface area contributed by atoms with Crippen molar-refractivity contribution in [1.29, 1.82) is 0 Å². The largest absolute Gasteiger partial charge is 0.481 e. The van der Waals surface area contributed by atoms with E-state index in [1.165, 1.54) is 24.0 Å². The summed E-state index contributed by atoms with van der Waals surface area (Å²) < 4.78 is 6.03. The molecule has 0 saturated heterocycles. The molecule has 5 heteroatoms. The first-order chi connectivity index (χ1) is 14.5. The number of hydrogen-bond donors (Lipinski definition) is 2. The second-order valence-electron chi connectivity index (χ2n) is 7.97. The second-order valence-corrected chi connectivity index (χ2v) is 7.97. The molecular weight excluding hydrogens is 376 g/mol. The van der Waals surface area contributed by atoms with Crippen LogP contribution in [0.2, 0.25) is 0 Å². The van der Waals surface area contributed by atoms with Gasteiger partial charge in [-0.05, 0) is 80.8 Å². The van der Waals surface area contributed by atoms with Crippen molar-refractivity contribution in [1.82, 2.24) is 5.32 Å². The lowest BCUT2D eigenvalue weighted by Crippen LogP contribution is -2.35. The first kappa shape index (κ1) is 21.9. The van der Waals surface area contributed by atoms with E-state index in [1.54, 1.807) is 24.3 Å². The maximum atomic E-state index is 12.9. The molecule has 1 aliphatic rings. The summed E-state index contributed by atoms with van der Waals surface area (Å²) in [6.45, 7) is 5.89. The van der Waals surface area contributed by atoms with Crippen molar-refractivity contribution in [2.75, 3.05) is 5.32 Å². The molecule has 2 aromatic carbocycles. The molecule has 0 fully saturated rings. The number of ether oxygens (including phenoxy) is 1. The van der Waals surface area contributed by atoms with Crippen LogP contribution in [0.15, 0.2) is 42.5 Å². The zero-order valence-electron chi connectivity index (χ0n) is 18.2. The Bertz CT molecular complexity index is 894. The van der Waals surface area contributed by atoms with E-state index in [1.807, 2.05) is 26.8 Å². The minimum Gasteiger partial charge on any atom is -0.481 e. The summed E-state index contributed by atoms with van der Waals surface area (Å²) in [7, 11) is 0. The van der Waals surface area contributed by atoms with Crippen molar-refractivity contribution in [3.8, 4) is 5.75 Å². The predicted octanol–water partition coefficient (Wildman–Crippen LogP) is 4.89. The van der Waals surface area contributed by atoms with Gasteiger partial charge in [0.15, 0.2) is 6.10 Å². The highest BCUT2D eigenvalue weighted by Crippen LogP contribution is 2.26. The first-order valence-corrected chi connectivity index (χ1v) is 11.0. The van der Waals surface area contributed by atoms with Gasteiger partial charge in [0.1, 0.15) is 5.75 Å². The molecule has 0 saturated carbocycles. The number of carbonyl (C=O) groups is 2. The monoisotopic (exact) mass is 408 g/mol. The molecule has 1 aliphatic carbocycles. The van der Waals surface area contributed by atoms with Crippen LogP contribution >= 0.6 is 0 Å². The van der Waals surface area contributed by atoms with Crippen molar-refractivity contribution < 1.29 is 14.3 Å². The highest BCUT2D eigenvalue weighted by Gasteiger charge is 2.22. The van der Waals surface area contributed by atoms with Crippen LogP contribution in [0.5, 0.6) is 5.75 Å².